The quantitative estimate of drug-likeness (QED) is 0.813. The Kier molecular flexibility index (Phi) is 6.65. The van der Waals surface area contributed by atoms with Crippen molar-refractivity contribution in [2.24, 2.45) is 5.92 Å². The van der Waals surface area contributed by atoms with Gasteiger partial charge in [0.2, 0.25) is 0 Å². The average Bonchev–Trinajstić information content (AvgIpc) is 2.43. The summed E-state index contributed by atoms with van der Waals surface area (Å²) in [5.74, 6) is -1.17. The van der Waals surface area contributed by atoms with Gasteiger partial charge in [0.05, 0.1) is 0 Å². The van der Waals surface area contributed by atoms with Crippen LogP contribution in [-0.2, 0) is 4.79 Å². The summed E-state index contributed by atoms with van der Waals surface area (Å²) in [6.07, 6.45) is 0.583. The van der Waals surface area contributed by atoms with E-state index in [1.165, 1.54) is 17.0 Å². The third-order valence-corrected chi connectivity index (χ3v) is 3.13. The number of carboxylic acids is 1. The largest absolute Gasteiger partial charge is 0.481 e. The molecule has 0 aliphatic rings. The van der Waals surface area contributed by atoms with Crippen LogP contribution in [0.5, 0.6) is 0 Å². The zero-order valence-corrected chi connectivity index (χ0v) is 12.3. The number of amides is 2. The van der Waals surface area contributed by atoms with Gasteiger partial charge < -0.3 is 10.4 Å². The average molecular weight is 296 g/mol. The van der Waals surface area contributed by atoms with Crippen molar-refractivity contribution < 1.29 is 19.1 Å². The lowest BCUT2D eigenvalue weighted by atomic mass is 10.1. The summed E-state index contributed by atoms with van der Waals surface area (Å²) in [4.78, 5) is 24.0. The number of carboxylic acid groups (broad SMARTS) is 1. The number of halogens is 1. The first kappa shape index (κ1) is 16.9. The van der Waals surface area contributed by atoms with Crippen LogP contribution in [0, 0.1) is 11.7 Å². The first-order valence-electron chi connectivity index (χ1n) is 6.96. The van der Waals surface area contributed by atoms with Gasteiger partial charge in [0.25, 0.3) is 0 Å². The third kappa shape index (κ3) is 5.81. The molecule has 0 saturated heterocycles. The van der Waals surface area contributed by atoms with E-state index in [0.29, 0.717) is 25.2 Å². The van der Waals surface area contributed by atoms with Gasteiger partial charge in [-0.05, 0) is 37.5 Å². The summed E-state index contributed by atoms with van der Waals surface area (Å²) in [6, 6.07) is 5.53. The van der Waals surface area contributed by atoms with E-state index in [2.05, 4.69) is 5.32 Å². The number of benzene rings is 1. The molecule has 6 heteroatoms. The summed E-state index contributed by atoms with van der Waals surface area (Å²) in [7, 11) is 0. The molecule has 2 amide bonds. The van der Waals surface area contributed by atoms with Gasteiger partial charge in [-0.1, -0.05) is 13.0 Å². The molecule has 1 atom stereocenters. The first-order chi connectivity index (χ1) is 9.93. The number of rotatable bonds is 7. The minimum Gasteiger partial charge on any atom is -0.481 e. The maximum Gasteiger partial charge on any atom is 0.321 e. The molecule has 5 nitrogen and oxygen atoms in total. The molecule has 0 bridgehead atoms. The minimum absolute atomic E-state index is 0.0660. The summed E-state index contributed by atoms with van der Waals surface area (Å²) in [5.41, 5.74) is 0.494. The van der Waals surface area contributed by atoms with Gasteiger partial charge in [0.1, 0.15) is 5.82 Å². The monoisotopic (exact) mass is 296 g/mol. The molecule has 0 saturated carbocycles. The molecule has 0 spiro atoms. The maximum atomic E-state index is 13.2. The molecule has 1 aromatic carbocycles. The van der Waals surface area contributed by atoms with Crippen molar-refractivity contribution in [3.05, 3.63) is 30.1 Å². The van der Waals surface area contributed by atoms with Gasteiger partial charge >= 0.3 is 12.0 Å². The second-order valence-electron chi connectivity index (χ2n) is 4.95. The summed E-state index contributed by atoms with van der Waals surface area (Å²) in [6.45, 7) is 4.48. The predicted molar refractivity (Wildman–Crippen MR) is 78.9 cm³/mol. The molecule has 0 radical (unpaired) electrons. The zero-order valence-electron chi connectivity index (χ0n) is 12.3. The topological polar surface area (TPSA) is 69.6 Å². The van der Waals surface area contributed by atoms with Crippen LogP contribution in [0.4, 0.5) is 14.9 Å². The van der Waals surface area contributed by atoms with E-state index >= 15 is 0 Å². The number of nitrogens with zero attached hydrogens (tertiary/aromatic N) is 1. The lowest BCUT2D eigenvalue weighted by molar-refractivity contribution is -0.137. The van der Waals surface area contributed by atoms with Crippen LogP contribution in [0.25, 0.3) is 0 Å². The van der Waals surface area contributed by atoms with Gasteiger partial charge in [0, 0.05) is 25.2 Å². The third-order valence-electron chi connectivity index (χ3n) is 3.13. The normalized spacial score (nSPS) is 11.8. The Bertz CT molecular complexity index is 494. The molecule has 1 unspecified atom stereocenters. The van der Waals surface area contributed by atoms with Crippen LogP contribution in [-0.4, -0.2) is 30.2 Å². The maximum absolute atomic E-state index is 13.2. The van der Waals surface area contributed by atoms with Crippen LogP contribution in [0.1, 0.15) is 26.7 Å². The Morgan fingerprint density at radius 1 is 1.43 bits per heavy atom. The highest BCUT2D eigenvalue weighted by atomic mass is 19.1. The molecule has 21 heavy (non-hydrogen) atoms. The van der Waals surface area contributed by atoms with E-state index in [9.17, 15) is 14.0 Å². The molecule has 0 aliphatic carbocycles. The smallest absolute Gasteiger partial charge is 0.321 e. The molecule has 1 rings (SSSR count). The SMILES string of the molecule is CCN(C(=O)NCC(C)CCC(=O)O)c1cccc(F)c1. The van der Waals surface area contributed by atoms with Crippen molar-refractivity contribution in [2.75, 3.05) is 18.0 Å². The molecule has 1 aromatic rings. The fraction of sp³-hybridized carbons (Fsp3) is 0.467. The Morgan fingerprint density at radius 2 is 2.14 bits per heavy atom. The molecule has 0 aliphatic heterocycles. The highest BCUT2D eigenvalue weighted by Crippen LogP contribution is 2.15. The van der Waals surface area contributed by atoms with Crippen LogP contribution in [0.3, 0.4) is 0 Å². The number of aliphatic carboxylic acids is 1. The lowest BCUT2D eigenvalue weighted by Gasteiger charge is -2.22. The number of nitrogens with one attached hydrogen (secondary N) is 1. The standard InChI is InChI=1S/C15H21FN2O3/c1-3-18(13-6-4-5-12(16)9-13)15(21)17-10-11(2)7-8-14(19)20/h4-6,9,11H,3,7-8,10H2,1-2H3,(H,17,21)(H,19,20). The van der Waals surface area contributed by atoms with E-state index in [4.69, 9.17) is 5.11 Å². The van der Waals surface area contributed by atoms with Gasteiger partial charge in [-0.2, -0.15) is 0 Å². The van der Waals surface area contributed by atoms with E-state index in [1.54, 1.807) is 19.1 Å². The van der Waals surface area contributed by atoms with Gasteiger partial charge in [0.15, 0.2) is 0 Å². The fourth-order valence-electron chi connectivity index (χ4n) is 1.92. The van der Waals surface area contributed by atoms with Crippen LogP contribution < -0.4 is 10.2 Å². The Balaban J connectivity index is 2.54. The van der Waals surface area contributed by atoms with E-state index in [0.717, 1.165) is 0 Å². The van der Waals surface area contributed by atoms with Crippen molar-refractivity contribution in [3.63, 3.8) is 0 Å². The van der Waals surface area contributed by atoms with Crippen LogP contribution >= 0.6 is 0 Å². The summed E-state index contributed by atoms with van der Waals surface area (Å²) >= 11 is 0. The highest BCUT2D eigenvalue weighted by molar-refractivity contribution is 5.91. The number of carbonyl (C=O) groups is 2. The Labute approximate surface area is 123 Å². The van der Waals surface area contributed by atoms with Crippen molar-refractivity contribution in [1.29, 1.82) is 0 Å². The van der Waals surface area contributed by atoms with Crippen molar-refractivity contribution in [3.8, 4) is 0 Å². The fourth-order valence-corrected chi connectivity index (χ4v) is 1.92. The second kappa shape index (κ2) is 8.24. The molecular formula is C15H21FN2O3. The van der Waals surface area contributed by atoms with Crippen molar-refractivity contribution >= 4 is 17.7 Å². The summed E-state index contributed by atoms with van der Waals surface area (Å²) in [5, 5.41) is 11.4. The Hall–Kier alpha value is -2.11. The van der Waals surface area contributed by atoms with Gasteiger partial charge in [-0.25, -0.2) is 9.18 Å². The Morgan fingerprint density at radius 3 is 2.71 bits per heavy atom. The zero-order chi connectivity index (χ0) is 15.8. The molecule has 0 fully saturated rings. The number of hydrogen-bond acceptors (Lipinski definition) is 2. The molecule has 2 N–H and O–H groups in total. The number of urea groups is 1. The van der Waals surface area contributed by atoms with Crippen LogP contribution in [0.2, 0.25) is 0 Å². The van der Waals surface area contributed by atoms with E-state index in [-0.39, 0.29) is 18.4 Å². The molecular weight excluding hydrogens is 275 g/mol. The van der Waals surface area contributed by atoms with Crippen molar-refractivity contribution in [2.45, 2.75) is 26.7 Å². The van der Waals surface area contributed by atoms with E-state index < -0.39 is 11.8 Å². The summed E-state index contributed by atoms with van der Waals surface area (Å²) < 4.78 is 13.2. The van der Waals surface area contributed by atoms with Gasteiger partial charge in [-0.3, -0.25) is 9.69 Å². The number of carbonyl (C=O) groups excluding carboxylic acids is 1. The van der Waals surface area contributed by atoms with Gasteiger partial charge in [-0.15, -0.1) is 0 Å². The van der Waals surface area contributed by atoms with E-state index in [1.807, 2.05) is 6.92 Å². The van der Waals surface area contributed by atoms with Crippen molar-refractivity contribution in [1.82, 2.24) is 5.32 Å². The number of anilines is 1. The molecule has 116 valence electrons. The highest BCUT2D eigenvalue weighted by Gasteiger charge is 2.15. The lowest BCUT2D eigenvalue weighted by Crippen LogP contribution is -2.41. The van der Waals surface area contributed by atoms with Crippen LogP contribution in [0.15, 0.2) is 24.3 Å². The predicted octanol–water partition coefficient (Wildman–Crippen LogP) is 2.86. The first-order valence-corrected chi connectivity index (χ1v) is 6.96. The number of hydrogen-bond donors (Lipinski definition) is 2. The molecule has 0 heterocycles. The second-order valence-corrected chi connectivity index (χ2v) is 4.95. The minimum atomic E-state index is -0.844. The molecule has 0 aromatic heterocycles.